The molecule has 0 unspecified atom stereocenters. The van der Waals surface area contributed by atoms with Crippen molar-refractivity contribution in [3.8, 4) is 0 Å². The minimum Gasteiger partial charge on any atom is -0.464 e. The molecule has 0 aliphatic carbocycles. The Kier molecular flexibility index (Phi) is 4.22. The molecule has 0 saturated heterocycles. The second-order valence-electron chi connectivity index (χ2n) is 2.17. The first kappa shape index (κ1) is 11.7. The third kappa shape index (κ3) is 2.33. The van der Waals surface area contributed by atoms with Crippen LogP contribution in [0.25, 0.3) is 0 Å². The molecule has 0 aromatic carbocycles. The summed E-state index contributed by atoms with van der Waals surface area (Å²) in [5.74, 6) is 5.09. The van der Waals surface area contributed by atoms with E-state index in [0.717, 1.165) is 0 Å². The zero-order chi connectivity index (χ0) is 9.14. The summed E-state index contributed by atoms with van der Waals surface area (Å²) in [6.45, 7) is 0. The monoisotopic (exact) mass is 206 g/mol. The molecule has 1 aromatic heterocycles. The molecule has 0 aliphatic rings. The molecule has 1 rings (SSSR count). The number of nitrogens with two attached hydrogens (primary N) is 1. The van der Waals surface area contributed by atoms with Crippen molar-refractivity contribution in [2.75, 3.05) is 12.5 Å². The van der Waals surface area contributed by atoms with Crippen LogP contribution < -0.4 is 11.3 Å². The van der Waals surface area contributed by atoms with E-state index < -0.39 is 5.97 Å². The number of nitrogens with zero attached hydrogens (tertiary/aromatic N) is 2. The molecule has 0 bridgehead atoms. The van der Waals surface area contributed by atoms with E-state index in [0.29, 0.717) is 11.5 Å². The van der Waals surface area contributed by atoms with Crippen LogP contribution in [0.3, 0.4) is 0 Å². The van der Waals surface area contributed by atoms with Gasteiger partial charge in [0.1, 0.15) is 5.69 Å². The van der Waals surface area contributed by atoms with E-state index in [9.17, 15) is 4.79 Å². The smallest absolute Gasteiger partial charge is 0.356 e. The fourth-order valence-corrected chi connectivity index (χ4v) is 0.833. The molecule has 74 valence electrons. The lowest BCUT2D eigenvalue weighted by Crippen LogP contribution is -2.08. The third-order valence-corrected chi connectivity index (χ3v) is 1.42. The molecule has 0 spiro atoms. The summed E-state index contributed by atoms with van der Waals surface area (Å²) < 4.78 is 5.90. The number of aryl methyl sites for hydroxylation is 1. The lowest BCUT2D eigenvalue weighted by molar-refractivity contribution is 0.0588. The maximum absolute atomic E-state index is 11.0. The Morgan fingerprint density at radius 2 is 2.38 bits per heavy atom. The standard InChI is InChI=1S/C6H10N4O2.ClH/c1-10-4(6(11)12-2)3-5(8-7)9-10;/h3H,7H2,1-2H3,(H,8,9);1H. The van der Waals surface area contributed by atoms with Gasteiger partial charge in [-0.05, 0) is 0 Å². The molecule has 13 heavy (non-hydrogen) atoms. The van der Waals surface area contributed by atoms with Gasteiger partial charge in [0, 0.05) is 13.1 Å². The van der Waals surface area contributed by atoms with Gasteiger partial charge in [0.15, 0.2) is 5.82 Å². The van der Waals surface area contributed by atoms with Crippen molar-refractivity contribution >= 4 is 24.2 Å². The minimum absolute atomic E-state index is 0. The SMILES string of the molecule is COC(=O)c1cc(NN)nn1C.Cl. The van der Waals surface area contributed by atoms with Crippen LogP contribution in [0, 0.1) is 0 Å². The number of halogens is 1. The Morgan fingerprint density at radius 3 is 2.77 bits per heavy atom. The molecule has 3 N–H and O–H groups in total. The largest absolute Gasteiger partial charge is 0.464 e. The number of carbonyl (C=O) groups excluding carboxylic acids is 1. The van der Waals surface area contributed by atoms with Crippen molar-refractivity contribution in [1.29, 1.82) is 0 Å². The summed E-state index contributed by atoms with van der Waals surface area (Å²) >= 11 is 0. The second-order valence-corrected chi connectivity index (χ2v) is 2.17. The first-order valence-corrected chi connectivity index (χ1v) is 3.28. The number of carbonyl (C=O) groups is 1. The summed E-state index contributed by atoms with van der Waals surface area (Å²) in [7, 11) is 2.94. The number of hydrazine groups is 1. The van der Waals surface area contributed by atoms with Gasteiger partial charge in [0.25, 0.3) is 0 Å². The van der Waals surface area contributed by atoms with E-state index in [4.69, 9.17) is 5.84 Å². The number of rotatable bonds is 2. The first-order chi connectivity index (χ1) is 5.69. The zero-order valence-corrected chi connectivity index (χ0v) is 8.09. The highest BCUT2D eigenvalue weighted by atomic mass is 35.5. The van der Waals surface area contributed by atoms with E-state index in [1.807, 2.05) is 0 Å². The molecule has 0 saturated carbocycles. The van der Waals surface area contributed by atoms with E-state index in [1.54, 1.807) is 7.05 Å². The number of aromatic nitrogens is 2. The number of hydrogen-bond acceptors (Lipinski definition) is 5. The topological polar surface area (TPSA) is 82.2 Å². The predicted octanol–water partition coefficient (Wildman–Crippen LogP) is -0.0859. The highest BCUT2D eigenvalue weighted by Gasteiger charge is 2.12. The van der Waals surface area contributed by atoms with Crippen LogP contribution >= 0.6 is 12.4 Å². The molecular weight excluding hydrogens is 196 g/mol. The second kappa shape index (κ2) is 4.68. The number of methoxy groups -OCH3 is 1. The lowest BCUT2D eigenvalue weighted by atomic mass is 10.4. The van der Waals surface area contributed by atoms with Crippen LogP contribution in [0.2, 0.25) is 0 Å². The highest BCUT2D eigenvalue weighted by Crippen LogP contribution is 2.07. The summed E-state index contributed by atoms with van der Waals surface area (Å²) in [6, 6.07) is 1.51. The molecule has 1 aromatic rings. The molecule has 0 fully saturated rings. The van der Waals surface area contributed by atoms with E-state index in [-0.39, 0.29) is 12.4 Å². The average molecular weight is 207 g/mol. The van der Waals surface area contributed by atoms with Crippen LogP contribution in [0.4, 0.5) is 5.82 Å². The molecule has 7 heteroatoms. The Morgan fingerprint density at radius 1 is 1.77 bits per heavy atom. The highest BCUT2D eigenvalue weighted by molar-refractivity contribution is 5.88. The summed E-state index contributed by atoms with van der Waals surface area (Å²) in [6.07, 6.45) is 0. The Balaban J connectivity index is 0.00000144. The molecule has 6 nitrogen and oxygen atoms in total. The van der Waals surface area contributed by atoms with Gasteiger partial charge in [-0.2, -0.15) is 5.10 Å². The van der Waals surface area contributed by atoms with E-state index in [1.165, 1.54) is 17.9 Å². The molecular formula is C6H11ClN4O2. The van der Waals surface area contributed by atoms with Crippen molar-refractivity contribution in [3.05, 3.63) is 11.8 Å². The van der Waals surface area contributed by atoms with Crippen LogP contribution in [-0.2, 0) is 11.8 Å². The van der Waals surface area contributed by atoms with Crippen molar-refractivity contribution in [3.63, 3.8) is 0 Å². The number of anilines is 1. The lowest BCUT2D eigenvalue weighted by Gasteiger charge is -1.96. The van der Waals surface area contributed by atoms with Gasteiger partial charge in [-0.3, -0.25) is 4.68 Å². The Bertz CT molecular complexity index is 299. The van der Waals surface area contributed by atoms with E-state index >= 15 is 0 Å². The number of hydrogen-bond donors (Lipinski definition) is 2. The molecule has 0 aliphatic heterocycles. The third-order valence-electron chi connectivity index (χ3n) is 1.42. The number of nitrogens with one attached hydrogen (secondary N) is 1. The van der Waals surface area contributed by atoms with Gasteiger partial charge in [-0.25, -0.2) is 10.6 Å². The normalized spacial score (nSPS) is 8.85. The van der Waals surface area contributed by atoms with Crippen LogP contribution in [0.1, 0.15) is 10.5 Å². The van der Waals surface area contributed by atoms with Crippen LogP contribution in [-0.4, -0.2) is 22.9 Å². The number of esters is 1. The maximum atomic E-state index is 11.0. The fraction of sp³-hybridized carbons (Fsp3) is 0.333. The predicted molar refractivity (Wildman–Crippen MR) is 49.6 cm³/mol. The van der Waals surface area contributed by atoms with Crippen LogP contribution in [0.15, 0.2) is 6.07 Å². The van der Waals surface area contributed by atoms with Crippen molar-refractivity contribution in [2.45, 2.75) is 0 Å². The molecule has 1 heterocycles. The van der Waals surface area contributed by atoms with Gasteiger partial charge in [-0.15, -0.1) is 12.4 Å². The average Bonchev–Trinajstić information content (AvgIpc) is 2.45. The first-order valence-electron chi connectivity index (χ1n) is 3.28. The summed E-state index contributed by atoms with van der Waals surface area (Å²) in [5.41, 5.74) is 2.68. The Labute approximate surface area is 81.4 Å². The van der Waals surface area contributed by atoms with E-state index in [2.05, 4.69) is 15.3 Å². The summed E-state index contributed by atoms with van der Waals surface area (Å²) in [5, 5.41) is 3.88. The minimum atomic E-state index is -0.438. The van der Waals surface area contributed by atoms with Crippen LogP contribution in [0.5, 0.6) is 0 Å². The fourth-order valence-electron chi connectivity index (χ4n) is 0.833. The Hall–Kier alpha value is -1.27. The molecule has 0 radical (unpaired) electrons. The van der Waals surface area contributed by atoms with Gasteiger partial charge >= 0.3 is 5.97 Å². The van der Waals surface area contributed by atoms with Crippen molar-refractivity contribution in [1.82, 2.24) is 9.78 Å². The van der Waals surface area contributed by atoms with Gasteiger partial charge < -0.3 is 10.2 Å². The molecule has 0 amide bonds. The zero-order valence-electron chi connectivity index (χ0n) is 7.27. The van der Waals surface area contributed by atoms with Gasteiger partial charge in [0.2, 0.25) is 0 Å². The summed E-state index contributed by atoms with van der Waals surface area (Å²) in [4.78, 5) is 11.0. The quantitative estimate of drug-likeness (QED) is 0.402. The molecule has 0 atom stereocenters. The number of ether oxygens (including phenoxy) is 1. The maximum Gasteiger partial charge on any atom is 0.356 e. The van der Waals surface area contributed by atoms with Crippen molar-refractivity contribution < 1.29 is 9.53 Å². The number of nitrogen functional groups attached to an aromatic ring is 1. The van der Waals surface area contributed by atoms with Gasteiger partial charge in [0.05, 0.1) is 7.11 Å². The van der Waals surface area contributed by atoms with Crippen molar-refractivity contribution in [2.24, 2.45) is 12.9 Å². The van der Waals surface area contributed by atoms with Gasteiger partial charge in [-0.1, -0.05) is 0 Å².